The van der Waals surface area contributed by atoms with Gasteiger partial charge in [-0.3, -0.25) is 4.79 Å². The Bertz CT molecular complexity index is 370. The Morgan fingerprint density at radius 2 is 2.33 bits per heavy atom. The smallest absolute Gasteiger partial charge is 0.254 e. The number of rotatable bonds is 3. The third-order valence-electron chi connectivity index (χ3n) is 1.72. The molecule has 0 aliphatic heterocycles. The summed E-state index contributed by atoms with van der Waals surface area (Å²) in [5, 5.41) is 2.36. The van der Waals surface area contributed by atoms with Gasteiger partial charge in [0.05, 0.1) is 5.56 Å². The van der Waals surface area contributed by atoms with Crippen LogP contribution in [0.3, 0.4) is 0 Å². The highest BCUT2D eigenvalue weighted by atomic mass is 79.9. The fourth-order valence-corrected chi connectivity index (χ4v) is 1.44. The number of alkyl halides is 1. The molecule has 1 unspecified atom stereocenters. The first-order valence-corrected chi connectivity index (χ1v) is 5.61. The molecule has 0 radical (unpaired) electrons. The number of hydrogen-bond acceptors (Lipinski definition) is 1. The molecule has 0 aliphatic rings. The molecule has 1 aromatic carbocycles. The van der Waals surface area contributed by atoms with Gasteiger partial charge in [0, 0.05) is 16.4 Å². The third-order valence-corrected chi connectivity index (χ3v) is 2.36. The summed E-state index contributed by atoms with van der Waals surface area (Å²) >= 11 is 8.83. The van der Waals surface area contributed by atoms with Gasteiger partial charge < -0.3 is 5.32 Å². The highest BCUT2D eigenvalue weighted by Crippen LogP contribution is 2.15. The van der Waals surface area contributed by atoms with Crippen LogP contribution < -0.4 is 5.32 Å². The Morgan fingerprint density at radius 1 is 1.67 bits per heavy atom. The molecule has 0 heterocycles. The summed E-state index contributed by atoms with van der Waals surface area (Å²) in [7, 11) is 0. The molecule has 15 heavy (non-hydrogen) atoms. The molecule has 0 fully saturated rings. The molecule has 1 rings (SSSR count). The molecule has 0 spiro atoms. The van der Waals surface area contributed by atoms with Crippen molar-refractivity contribution in [3.8, 4) is 0 Å². The zero-order valence-electron chi connectivity index (χ0n) is 8.06. The van der Waals surface area contributed by atoms with Gasteiger partial charge in [-0.05, 0) is 25.1 Å². The lowest BCUT2D eigenvalue weighted by Gasteiger charge is -2.07. The van der Waals surface area contributed by atoms with E-state index in [0.29, 0.717) is 11.0 Å². The highest BCUT2D eigenvalue weighted by Gasteiger charge is 2.12. The van der Waals surface area contributed by atoms with Gasteiger partial charge in [-0.15, -0.1) is 11.6 Å². The summed E-state index contributed by atoms with van der Waals surface area (Å²) in [4.78, 5) is 11.5. The van der Waals surface area contributed by atoms with Crippen LogP contribution in [0.1, 0.15) is 17.3 Å². The van der Waals surface area contributed by atoms with Crippen molar-refractivity contribution < 1.29 is 9.18 Å². The maximum absolute atomic E-state index is 13.2. The molecule has 1 atom stereocenters. The lowest BCUT2D eigenvalue weighted by molar-refractivity contribution is 0.0950. The molecule has 0 saturated heterocycles. The number of benzene rings is 1. The van der Waals surface area contributed by atoms with Crippen molar-refractivity contribution in [1.82, 2.24) is 5.32 Å². The second-order valence-electron chi connectivity index (χ2n) is 3.11. The normalized spacial score (nSPS) is 12.3. The first-order valence-electron chi connectivity index (χ1n) is 4.38. The van der Waals surface area contributed by atoms with Crippen LogP contribution in [0.4, 0.5) is 4.39 Å². The summed E-state index contributed by atoms with van der Waals surface area (Å²) in [5.41, 5.74) is 0.0155. The van der Waals surface area contributed by atoms with Crippen molar-refractivity contribution in [2.75, 3.05) is 6.54 Å². The topological polar surface area (TPSA) is 29.1 Å². The molecule has 1 aromatic rings. The van der Waals surface area contributed by atoms with Crippen LogP contribution in [0, 0.1) is 5.82 Å². The summed E-state index contributed by atoms with van der Waals surface area (Å²) in [5.74, 6) is -1.00. The van der Waals surface area contributed by atoms with E-state index in [-0.39, 0.29) is 10.9 Å². The van der Waals surface area contributed by atoms with Crippen LogP contribution in [-0.2, 0) is 0 Å². The average molecular weight is 295 g/mol. The highest BCUT2D eigenvalue weighted by molar-refractivity contribution is 9.10. The van der Waals surface area contributed by atoms with E-state index in [2.05, 4.69) is 21.2 Å². The Balaban J connectivity index is 2.77. The Morgan fingerprint density at radius 3 is 2.93 bits per heavy atom. The molecule has 1 N–H and O–H groups in total. The zero-order valence-corrected chi connectivity index (χ0v) is 10.4. The zero-order chi connectivity index (χ0) is 11.4. The first kappa shape index (κ1) is 12.5. The van der Waals surface area contributed by atoms with Gasteiger partial charge in [0.1, 0.15) is 5.82 Å². The fourth-order valence-electron chi connectivity index (χ4n) is 1.00. The maximum atomic E-state index is 13.2. The fraction of sp³-hybridized carbons (Fsp3) is 0.300. The summed E-state index contributed by atoms with van der Waals surface area (Å²) in [6, 6.07) is 4.21. The van der Waals surface area contributed by atoms with Gasteiger partial charge in [-0.1, -0.05) is 15.9 Å². The molecule has 5 heteroatoms. The summed E-state index contributed by atoms with van der Waals surface area (Å²) < 4.78 is 13.9. The van der Waals surface area contributed by atoms with Crippen molar-refractivity contribution in [2.45, 2.75) is 12.3 Å². The molecule has 2 nitrogen and oxygen atoms in total. The van der Waals surface area contributed by atoms with Crippen LogP contribution in [0.2, 0.25) is 0 Å². The molecular weight excluding hydrogens is 284 g/mol. The van der Waals surface area contributed by atoms with Crippen LogP contribution in [0.15, 0.2) is 22.7 Å². The first-order chi connectivity index (χ1) is 7.00. The maximum Gasteiger partial charge on any atom is 0.254 e. The van der Waals surface area contributed by atoms with Crippen LogP contribution in [-0.4, -0.2) is 17.8 Å². The minimum absolute atomic E-state index is 0.0155. The third kappa shape index (κ3) is 3.80. The minimum Gasteiger partial charge on any atom is -0.350 e. The second kappa shape index (κ2) is 5.47. The number of halogens is 3. The van der Waals surface area contributed by atoms with Crippen molar-refractivity contribution in [1.29, 1.82) is 0 Å². The number of nitrogens with one attached hydrogen (secondary N) is 1. The Kier molecular flexibility index (Phi) is 4.54. The van der Waals surface area contributed by atoms with Crippen LogP contribution in [0.25, 0.3) is 0 Å². The Hall–Kier alpha value is -0.610. The number of carbonyl (C=O) groups is 1. The van der Waals surface area contributed by atoms with Crippen LogP contribution in [0.5, 0.6) is 0 Å². The van der Waals surface area contributed by atoms with Crippen molar-refractivity contribution in [3.05, 3.63) is 34.1 Å². The van der Waals surface area contributed by atoms with E-state index in [1.807, 2.05) is 0 Å². The van der Waals surface area contributed by atoms with E-state index in [1.54, 1.807) is 6.92 Å². The number of hydrogen-bond donors (Lipinski definition) is 1. The molecule has 0 aromatic heterocycles. The van der Waals surface area contributed by atoms with Gasteiger partial charge in [-0.2, -0.15) is 0 Å². The van der Waals surface area contributed by atoms with E-state index in [9.17, 15) is 9.18 Å². The number of carbonyl (C=O) groups excluding carboxylic acids is 1. The van der Waals surface area contributed by atoms with E-state index in [0.717, 1.165) is 0 Å². The van der Waals surface area contributed by atoms with E-state index < -0.39 is 11.7 Å². The van der Waals surface area contributed by atoms with Crippen molar-refractivity contribution >= 4 is 33.4 Å². The minimum atomic E-state index is -0.544. The largest absolute Gasteiger partial charge is 0.350 e. The van der Waals surface area contributed by atoms with Crippen molar-refractivity contribution in [3.63, 3.8) is 0 Å². The van der Waals surface area contributed by atoms with Gasteiger partial charge in [0.15, 0.2) is 0 Å². The summed E-state index contributed by atoms with van der Waals surface area (Å²) in [6.45, 7) is 2.06. The quantitative estimate of drug-likeness (QED) is 0.853. The molecule has 82 valence electrons. The van der Waals surface area contributed by atoms with Crippen LogP contribution >= 0.6 is 27.5 Å². The standard InChI is InChI=1S/C10H10BrClFNO/c1-6(12)5-14-10(15)8-4-7(11)2-3-9(8)13/h2-4,6H,5H2,1H3,(H,14,15). The molecule has 1 amide bonds. The number of amides is 1. The van der Waals surface area contributed by atoms with Gasteiger partial charge in [0.25, 0.3) is 5.91 Å². The molecular formula is C10H10BrClFNO. The van der Waals surface area contributed by atoms with Gasteiger partial charge in [-0.25, -0.2) is 4.39 Å². The van der Waals surface area contributed by atoms with E-state index in [4.69, 9.17) is 11.6 Å². The Labute approximate surface area is 101 Å². The second-order valence-corrected chi connectivity index (χ2v) is 4.78. The average Bonchev–Trinajstić information content (AvgIpc) is 2.18. The lowest BCUT2D eigenvalue weighted by Crippen LogP contribution is -2.29. The van der Waals surface area contributed by atoms with Gasteiger partial charge >= 0.3 is 0 Å². The predicted molar refractivity (Wildman–Crippen MR) is 61.7 cm³/mol. The lowest BCUT2D eigenvalue weighted by atomic mass is 10.2. The van der Waals surface area contributed by atoms with Gasteiger partial charge in [0.2, 0.25) is 0 Å². The SMILES string of the molecule is CC(Cl)CNC(=O)c1cc(Br)ccc1F. The summed E-state index contributed by atoms with van der Waals surface area (Å²) in [6.07, 6.45) is 0. The van der Waals surface area contributed by atoms with Crippen molar-refractivity contribution in [2.24, 2.45) is 0 Å². The van der Waals surface area contributed by atoms with E-state index >= 15 is 0 Å². The molecule has 0 saturated carbocycles. The molecule has 0 aliphatic carbocycles. The monoisotopic (exact) mass is 293 g/mol. The predicted octanol–water partition coefficient (Wildman–Crippen LogP) is 2.95. The molecule has 0 bridgehead atoms. The van der Waals surface area contributed by atoms with E-state index in [1.165, 1.54) is 18.2 Å².